The lowest BCUT2D eigenvalue weighted by Crippen LogP contribution is -2.34. The molecule has 1 aliphatic rings. The Labute approximate surface area is 112 Å². The number of aliphatic hydroxyl groups is 1. The van der Waals surface area contributed by atoms with Crippen molar-refractivity contribution in [2.75, 3.05) is 19.7 Å². The van der Waals surface area contributed by atoms with E-state index < -0.39 is 0 Å². The van der Waals surface area contributed by atoms with Crippen LogP contribution in [0, 0.1) is 5.92 Å². The van der Waals surface area contributed by atoms with Crippen LogP contribution in [-0.2, 0) is 6.54 Å². The lowest BCUT2D eigenvalue weighted by molar-refractivity contribution is 0.128. The maximum atomic E-state index is 9.16. The lowest BCUT2D eigenvalue weighted by atomic mass is 9.97. The topological polar surface area (TPSA) is 23.5 Å². The molecule has 3 rings (SSSR count). The molecule has 1 fully saturated rings. The Morgan fingerprint density at radius 2 is 2.00 bits per heavy atom. The summed E-state index contributed by atoms with van der Waals surface area (Å²) in [5.41, 5.74) is 1.46. The summed E-state index contributed by atoms with van der Waals surface area (Å²) < 4.78 is 1.39. The molecule has 1 saturated heterocycles. The minimum atomic E-state index is 0.356. The number of benzene rings is 1. The van der Waals surface area contributed by atoms with E-state index in [-0.39, 0.29) is 0 Å². The number of fused-ring (bicyclic) bond motifs is 1. The highest BCUT2D eigenvalue weighted by Gasteiger charge is 2.19. The van der Waals surface area contributed by atoms with Crippen LogP contribution >= 0.6 is 11.3 Å². The minimum absolute atomic E-state index is 0.356. The fourth-order valence-electron chi connectivity index (χ4n) is 2.72. The van der Waals surface area contributed by atoms with Crippen molar-refractivity contribution >= 4 is 21.4 Å². The molecule has 0 spiro atoms. The van der Waals surface area contributed by atoms with Gasteiger partial charge in [-0.2, -0.15) is 0 Å². The third kappa shape index (κ3) is 2.44. The van der Waals surface area contributed by atoms with Crippen molar-refractivity contribution in [1.82, 2.24) is 4.90 Å². The number of hydrogen-bond acceptors (Lipinski definition) is 3. The summed E-state index contributed by atoms with van der Waals surface area (Å²) in [7, 11) is 0. The Morgan fingerprint density at radius 1 is 1.22 bits per heavy atom. The highest BCUT2D eigenvalue weighted by molar-refractivity contribution is 7.17. The molecule has 96 valence electrons. The monoisotopic (exact) mass is 261 g/mol. The molecule has 18 heavy (non-hydrogen) atoms. The average Bonchev–Trinajstić information content (AvgIpc) is 2.83. The number of rotatable bonds is 3. The molecule has 1 aromatic heterocycles. The van der Waals surface area contributed by atoms with Gasteiger partial charge in [0.15, 0.2) is 0 Å². The average molecular weight is 261 g/mol. The van der Waals surface area contributed by atoms with E-state index in [1.165, 1.54) is 15.6 Å². The maximum Gasteiger partial charge on any atom is 0.0460 e. The van der Waals surface area contributed by atoms with Crippen molar-refractivity contribution in [3.8, 4) is 0 Å². The standard InChI is InChI=1S/C15H19NOS/c17-10-12-5-7-16(8-6-12)9-13-11-18-15-4-2-1-3-14(13)15/h1-4,11-12,17H,5-10H2. The normalized spacial score (nSPS) is 18.5. The summed E-state index contributed by atoms with van der Waals surface area (Å²) in [5.74, 6) is 0.528. The summed E-state index contributed by atoms with van der Waals surface area (Å²) in [6.07, 6.45) is 2.27. The van der Waals surface area contributed by atoms with Crippen LogP contribution in [0.5, 0.6) is 0 Å². The van der Waals surface area contributed by atoms with Gasteiger partial charge in [0.2, 0.25) is 0 Å². The predicted molar refractivity (Wildman–Crippen MR) is 76.9 cm³/mol. The van der Waals surface area contributed by atoms with Gasteiger partial charge in [-0.1, -0.05) is 18.2 Å². The van der Waals surface area contributed by atoms with Crippen LogP contribution in [0.3, 0.4) is 0 Å². The first-order chi connectivity index (χ1) is 8.86. The Kier molecular flexibility index (Phi) is 3.64. The van der Waals surface area contributed by atoms with Gasteiger partial charge in [0, 0.05) is 17.9 Å². The number of thiophene rings is 1. The molecule has 3 heteroatoms. The van der Waals surface area contributed by atoms with Crippen molar-refractivity contribution in [3.63, 3.8) is 0 Å². The fraction of sp³-hybridized carbons (Fsp3) is 0.467. The van der Waals surface area contributed by atoms with Crippen LogP contribution in [0.4, 0.5) is 0 Å². The van der Waals surface area contributed by atoms with Crippen molar-refractivity contribution in [3.05, 3.63) is 35.2 Å². The summed E-state index contributed by atoms with van der Waals surface area (Å²) >= 11 is 1.84. The van der Waals surface area contributed by atoms with E-state index in [1.807, 2.05) is 11.3 Å². The highest BCUT2D eigenvalue weighted by Crippen LogP contribution is 2.28. The van der Waals surface area contributed by atoms with Crippen LogP contribution in [-0.4, -0.2) is 29.7 Å². The molecule has 0 aliphatic carbocycles. The fourth-order valence-corrected chi connectivity index (χ4v) is 3.68. The van der Waals surface area contributed by atoms with Crippen LogP contribution < -0.4 is 0 Å². The lowest BCUT2D eigenvalue weighted by Gasteiger charge is -2.30. The van der Waals surface area contributed by atoms with E-state index in [0.717, 1.165) is 32.5 Å². The van der Waals surface area contributed by atoms with Gasteiger partial charge in [-0.3, -0.25) is 4.90 Å². The van der Waals surface area contributed by atoms with E-state index >= 15 is 0 Å². The Morgan fingerprint density at radius 3 is 2.78 bits per heavy atom. The van der Waals surface area contributed by atoms with Gasteiger partial charge >= 0.3 is 0 Å². The Bertz CT molecular complexity index is 514. The van der Waals surface area contributed by atoms with Crippen molar-refractivity contribution in [2.45, 2.75) is 19.4 Å². The Balaban J connectivity index is 1.70. The number of hydrogen-bond donors (Lipinski definition) is 1. The first-order valence-electron chi connectivity index (χ1n) is 6.65. The van der Waals surface area contributed by atoms with E-state index in [9.17, 15) is 0 Å². The van der Waals surface area contributed by atoms with Crippen LogP contribution in [0.2, 0.25) is 0 Å². The first kappa shape index (κ1) is 12.2. The molecule has 1 aromatic carbocycles. The molecule has 2 heterocycles. The molecule has 0 atom stereocenters. The predicted octanol–water partition coefficient (Wildman–Crippen LogP) is 3.11. The number of piperidine rings is 1. The third-order valence-corrected chi connectivity index (χ3v) is 4.93. The Hall–Kier alpha value is -0.900. The van der Waals surface area contributed by atoms with Crippen LogP contribution in [0.15, 0.2) is 29.6 Å². The second kappa shape index (κ2) is 5.39. The second-order valence-corrected chi connectivity index (χ2v) is 6.07. The van der Waals surface area contributed by atoms with E-state index in [4.69, 9.17) is 5.11 Å². The maximum absolute atomic E-state index is 9.16. The molecular weight excluding hydrogens is 242 g/mol. The molecule has 1 aliphatic heterocycles. The summed E-state index contributed by atoms with van der Waals surface area (Å²) in [5, 5.41) is 12.9. The third-order valence-electron chi connectivity index (χ3n) is 3.92. The zero-order valence-corrected chi connectivity index (χ0v) is 11.3. The first-order valence-corrected chi connectivity index (χ1v) is 7.53. The van der Waals surface area contributed by atoms with Gasteiger partial charge in [0.25, 0.3) is 0 Å². The second-order valence-electron chi connectivity index (χ2n) is 5.16. The summed E-state index contributed by atoms with van der Waals surface area (Å²) in [4.78, 5) is 2.51. The SMILES string of the molecule is OCC1CCN(Cc2csc3ccccc23)CC1. The zero-order valence-electron chi connectivity index (χ0n) is 10.5. The molecular formula is C15H19NOS. The largest absolute Gasteiger partial charge is 0.396 e. The molecule has 0 radical (unpaired) electrons. The molecule has 0 saturated carbocycles. The van der Waals surface area contributed by atoms with E-state index in [0.29, 0.717) is 12.5 Å². The molecule has 2 aromatic rings. The van der Waals surface area contributed by atoms with Gasteiger partial charge in [0.1, 0.15) is 0 Å². The quantitative estimate of drug-likeness (QED) is 0.917. The van der Waals surface area contributed by atoms with E-state index in [2.05, 4.69) is 34.5 Å². The molecule has 0 amide bonds. The van der Waals surface area contributed by atoms with Crippen molar-refractivity contribution in [2.24, 2.45) is 5.92 Å². The number of nitrogens with zero attached hydrogens (tertiary/aromatic N) is 1. The summed E-state index contributed by atoms with van der Waals surface area (Å²) in [6.45, 7) is 3.65. The number of likely N-dealkylation sites (tertiary alicyclic amines) is 1. The molecule has 0 unspecified atom stereocenters. The number of aliphatic hydroxyl groups excluding tert-OH is 1. The smallest absolute Gasteiger partial charge is 0.0460 e. The van der Waals surface area contributed by atoms with Gasteiger partial charge < -0.3 is 5.11 Å². The van der Waals surface area contributed by atoms with Crippen molar-refractivity contribution in [1.29, 1.82) is 0 Å². The van der Waals surface area contributed by atoms with Gasteiger partial charge in [-0.15, -0.1) is 11.3 Å². The van der Waals surface area contributed by atoms with Crippen LogP contribution in [0.1, 0.15) is 18.4 Å². The zero-order chi connectivity index (χ0) is 12.4. The summed E-state index contributed by atoms with van der Waals surface area (Å²) in [6, 6.07) is 8.65. The minimum Gasteiger partial charge on any atom is -0.396 e. The van der Waals surface area contributed by atoms with Gasteiger partial charge in [-0.05, 0) is 54.2 Å². The molecule has 0 bridgehead atoms. The van der Waals surface area contributed by atoms with E-state index in [1.54, 1.807) is 0 Å². The van der Waals surface area contributed by atoms with Gasteiger partial charge in [-0.25, -0.2) is 0 Å². The van der Waals surface area contributed by atoms with Gasteiger partial charge in [0.05, 0.1) is 0 Å². The highest BCUT2D eigenvalue weighted by atomic mass is 32.1. The van der Waals surface area contributed by atoms with Crippen LogP contribution in [0.25, 0.3) is 10.1 Å². The molecule has 2 nitrogen and oxygen atoms in total. The van der Waals surface area contributed by atoms with Crippen molar-refractivity contribution < 1.29 is 5.11 Å². The molecule has 1 N–H and O–H groups in total.